The van der Waals surface area contributed by atoms with Crippen molar-refractivity contribution in [2.24, 2.45) is 0 Å². The second-order valence-electron chi connectivity index (χ2n) is 5.58. The number of nitrogens with one attached hydrogen (secondary N) is 1. The lowest BCUT2D eigenvalue weighted by atomic mass is 10.1. The van der Waals surface area contributed by atoms with Crippen molar-refractivity contribution < 1.29 is 9.47 Å². The maximum Gasteiger partial charge on any atom is 0.124 e. The van der Waals surface area contributed by atoms with Gasteiger partial charge in [0.1, 0.15) is 24.7 Å². The second-order valence-corrected chi connectivity index (χ2v) is 5.58. The Morgan fingerprint density at radius 2 is 1.61 bits per heavy atom. The maximum atomic E-state index is 5.92. The standard InChI is InChI=1S/C20H27NO2/c1-3-4-14-21-17(2)19-12-8-9-13-20(19)23-16-15-22-18-10-6-5-7-11-18/h5-13,17,21H,3-4,14-16H2,1-2H3. The molecule has 0 aliphatic heterocycles. The Hall–Kier alpha value is -2.00. The van der Waals surface area contributed by atoms with Gasteiger partial charge in [-0.05, 0) is 38.1 Å². The summed E-state index contributed by atoms with van der Waals surface area (Å²) in [6, 6.07) is 18.3. The van der Waals surface area contributed by atoms with Crippen LogP contribution in [0.5, 0.6) is 11.5 Å². The molecule has 3 heteroatoms. The third kappa shape index (κ3) is 5.95. The third-order valence-corrected chi connectivity index (χ3v) is 3.72. The fourth-order valence-electron chi connectivity index (χ4n) is 2.40. The average molecular weight is 313 g/mol. The predicted molar refractivity (Wildman–Crippen MR) is 95.2 cm³/mol. The Morgan fingerprint density at radius 1 is 0.913 bits per heavy atom. The molecular formula is C20H27NO2. The zero-order valence-corrected chi connectivity index (χ0v) is 14.1. The Morgan fingerprint density at radius 3 is 2.39 bits per heavy atom. The summed E-state index contributed by atoms with van der Waals surface area (Å²) >= 11 is 0. The van der Waals surface area contributed by atoms with Gasteiger partial charge >= 0.3 is 0 Å². The number of unbranched alkanes of at least 4 members (excludes halogenated alkanes) is 1. The van der Waals surface area contributed by atoms with Crippen LogP contribution in [0.1, 0.15) is 38.3 Å². The highest BCUT2D eigenvalue weighted by molar-refractivity contribution is 5.35. The lowest BCUT2D eigenvalue weighted by Gasteiger charge is -2.18. The molecule has 0 aliphatic carbocycles. The largest absolute Gasteiger partial charge is 0.490 e. The third-order valence-electron chi connectivity index (χ3n) is 3.72. The van der Waals surface area contributed by atoms with E-state index in [2.05, 4.69) is 31.3 Å². The number of hydrogen-bond acceptors (Lipinski definition) is 3. The molecule has 0 aromatic heterocycles. The average Bonchev–Trinajstić information content (AvgIpc) is 2.60. The van der Waals surface area contributed by atoms with Crippen LogP contribution in [0.2, 0.25) is 0 Å². The number of hydrogen-bond donors (Lipinski definition) is 1. The van der Waals surface area contributed by atoms with Gasteiger partial charge in [0.2, 0.25) is 0 Å². The molecular weight excluding hydrogens is 286 g/mol. The number of ether oxygens (including phenoxy) is 2. The van der Waals surface area contributed by atoms with E-state index < -0.39 is 0 Å². The first-order valence-corrected chi connectivity index (χ1v) is 8.44. The van der Waals surface area contributed by atoms with E-state index in [1.54, 1.807) is 0 Å². The summed E-state index contributed by atoms with van der Waals surface area (Å²) in [4.78, 5) is 0. The molecule has 0 amide bonds. The van der Waals surface area contributed by atoms with Crippen LogP contribution in [0.25, 0.3) is 0 Å². The van der Waals surface area contributed by atoms with Crippen LogP contribution in [-0.4, -0.2) is 19.8 Å². The van der Waals surface area contributed by atoms with Crippen LogP contribution in [0.3, 0.4) is 0 Å². The van der Waals surface area contributed by atoms with Gasteiger partial charge in [0.05, 0.1) is 0 Å². The van der Waals surface area contributed by atoms with E-state index in [0.29, 0.717) is 13.2 Å². The molecule has 0 saturated carbocycles. The molecule has 23 heavy (non-hydrogen) atoms. The van der Waals surface area contributed by atoms with E-state index in [4.69, 9.17) is 9.47 Å². The molecule has 1 N–H and O–H groups in total. The monoisotopic (exact) mass is 313 g/mol. The molecule has 3 nitrogen and oxygen atoms in total. The molecule has 2 aromatic rings. The van der Waals surface area contributed by atoms with Gasteiger partial charge in [-0.1, -0.05) is 49.7 Å². The molecule has 124 valence electrons. The summed E-state index contributed by atoms with van der Waals surface area (Å²) in [5, 5.41) is 3.55. The van der Waals surface area contributed by atoms with Gasteiger partial charge < -0.3 is 14.8 Å². The van der Waals surface area contributed by atoms with E-state index in [0.717, 1.165) is 18.0 Å². The normalized spacial score (nSPS) is 11.9. The topological polar surface area (TPSA) is 30.5 Å². The Balaban J connectivity index is 1.82. The zero-order valence-electron chi connectivity index (χ0n) is 14.1. The molecule has 2 rings (SSSR count). The van der Waals surface area contributed by atoms with Crippen LogP contribution in [-0.2, 0) is 0 Å². The van der Waals surface area contributed by atoms with Crippen LogP contribution in [0.15, 0.2) is 54.6 Å². The number of para-hydroxylation sites is 2. The minimum Gasteiger partial charge on any atom is -0.490 e. The van der Waals surface area contributed by atoms with E-state index >= 15 is 0 Å². The minimum atomic E-state index is 0.285. The lowest BCUT2D eigenvalue weighted by Crippen LogP contribution is -2.20. The summed E-state index contributed by atoms with van der Waals surface area (Å²) in [5.74, 6) is 1.81. The van der Waals surface area contributed by atoms with Gasteiger partial charge in [-0.3, -0.25) is 0 Å². The Kier molecular flexibility index (Phi) is 7.47. The molecule has 0 fully saturated rings. The molecule has 0 aliphatic rings. The molecule has 0 bridgehead atoms. The first kappa shape index (κ1) is 17.4. The number of benzene rings is 2. The van der Waals surface area contributed by atoms with E-state index in [1.165, 1.54) is 18.4 Å². The van der Waals surface area contributed by atoms with Crippen molar-refractivity contribution in [2.45, 2.75) is 32.7 Å². The molecule has 0 radical (unpaired) electrons. The first-order chi connectivity index (χ1) is 11.3. The van der Waals surface area contributed by atoms with Gasteiger partial charge in [0.25, 0.3) is 0 Å². The summed E-state index contributed by atoms with van der Waals surface area (Å²) in [5.41, 5.74) is 1.20. The summed E-state index contributed by atoms with van der Waals surface area (Å²) < 4.78 is 11.6. The van der Waals surface area contributed by atoms with E-state index in [1.807, 2.05) is 42.5 Å². The fraction of sp³-hybridized carbons (Fsp3) is 0.400. The molecule has 0 spiro atoms. The molecule has 1 unspecified atom stereocenters. The van der Waals surface area contributed by atoms with Crippen LogP contribution in [0.4, 0.5) is 0 Å². The van der Waals surface area contributed by atoms with Gasteiger partial charge in [0, 0.05) is 11.6 Å². The van der Waals surface area contributed by atoms with Crippen LogP contribution in [0, 0.1) is 0 Å². The van der Waals surface area contributed by atoms with Gasteiger partial charge in [-0.15, -0.1) is 0 Å². The van der Waals surface area contributed by atoms with Crippen molar-refractivity contribution in [3.05, 3.63) is 60.2 Å². The van der Waals surface area contributed by atoms with Crippen molar-refractivity contribution in [2.75, 3.05) is 19.8 Å². The van der Waals surface area contributed by atoms with Crippen molar-refractivity contribution in [3.8, 4) is 11.5 Å². The quantitative estimate of drug-likeness (QED) is 0.651. The SMILES string of the molecule is CCCCNC(C)c1ccccc1OCCOc1ccccc1. The van der Waals surface area contributed by atoms with E-state index in [9.17, 15) is 0 Å². The van der Waals surface area contributed by atoms with Gasteiger partial charge in [-0.25, -0.2) is 0 Å². The maximum absolute atomic E-state index is 5.92. The second kappa shape index (κ2) is 9.90. The molecule has 2 aromatic carbocycles. The van der Waals surface area contributed by atoms with Crippen molar-refractivity contribution in [1.82, 2.24) is 5.32 Å². The highest BCUT2D eigenvalue weighted by Crippen LogP contribution is 2.24. The summed E-state index contributed by atoms with van der Waals surface area (Å²) in [6.07, 6.45) is 2.40. The molecule has 0 heterocycles. The lowest BCUT2D eigenvalue weighted by molar-refractivity contribution is 0.215. The zero-order chi connectivity index (χ0) is 16.3. The van der Waals surface area contributed by atoms with E-state index in [-0.39, 0.29) is 6.04 Å². The molecule has 0 saturated heterocycles. The highest BCUT2D eigenvalue weighted by Gasteiger charge is 2.10. The minimum absolute atomic E-state index is 0.285. The van der Waals surface area contributed by atoms with Crippen molar-refractivity contribution >= 4 is 0 Å². The van der Waals surface area contributed by atoms with Crippen LogP contribution >= 0.6 is 0 Å². The first-order valence-electron chi connectivity index (χ1n) is 8.44. The van der Waals surface area contributed by atoms with Crippen molar-refractivity contribution in [1.29, 1.82) is 0 Å². The summed E-state index contributed by atoms with van der Waals surface area (Å²) in [6.45, 7) is 6.49. The number of rotatable bonds is 10. The Bertz CT molecular complexity index is 557. The van der Waals surface area contributed by atoms with Crippen molar-refractivity contribution in [3.63, 3.8) is 0 Å². The van der Waals surface area contributed by atoms with Crippen LogP contribution < -0.4 is 14.8 Å². The summed E-state index contributed by atoms with van der Waals surface area (Å²) in [7, 11) is 0. The van der Waals surface area contributed by atoms with Gasteiger partial charge in [0.15, 0.2) is 0 Å². The Labute approximate surface area is 139 Å². The predicted octanol–water partition coefficient (Wildman–Crippen LogP) is 4.60. The van der Waals surface area contributed by atoms with Gasteiger partial charge in [-0.2, -0.15) is 0 Å². The molecule has 1 atom stereocenters. The highest BCUT2D eigenvalue weighted by atomic mass is 16.5. The fourth-order valence-corrected chi connectivity index (χ4v) is 2.40. The smallest absolute Gasteiger partial charge is 0.124 e.